The minimum absolute atomic E-state index is 1.30. The van der Waals surface area contributed by atoms with Crippen molar-refractivity contribution in [2.45, 2.75) is 0 Å². The van der Waals surface area contributed by atoms with Gasteiger partial charge in [0.2, 0.25) is 0 Å². The second-order valence-corrected chi connectivity index (χ2v) is 8.48. The van der Waals surface area contributed by atoms with Crippen LogP contribution in [0.1, 0.15) is 33.4 Å². The molecule has 0 spiro atoms. The lowest BCUT2D eigenvalue weighted by atomic mass is 9.79. The molecule has 0 nitrogen and oxygen atoms in total. The lowest BCUT2D eigenvalue weighted by molar-refractivity contribution is 1.19. The summed E-state index contributed by atoms with van der Waals surface area (Å²) in [6, 6.07) is 44.2. The van der Waals surface area contributed by atoms with Gasteiger partial charge in [-0.1, -0.05) is 121 Å². The van der Waals surface area contributed by atoms with Crippen molar-refractivity contribution in [2.24, 2.45) is 0 Å². The number of fused-ring (bicyclic) bond motifs is 6. The number of benzene rings is 5. The van der Waals surface area contributed by atoms with Gasteiger partial charge in [-0.15, -0.1) is 0 Å². The Morgan fingerprint density at radius 3 is 0.562 bits per heavy atom. The topological polar surface area (TPSA) is 0 Å². The van der Waals surface area contributed by atoms with E-state index in [1.54, 1.807) is 0 Å². The third-order valence-corrected chi connectivity index (χ3v) is 6.83. The molecule has 0 amide bonds. The first-order valence-electron chi connectivity index (χ1n) is 11.1. The van der Waals surface area contributed by atoms with Crippen molar-refractivity contribution in [3.63, 3.8) is 0 Å². The fraction of sp³-hybridized carbons (Fsp3) is 0. The molecule has 0 saturated heterocycles. The quantitative estimate of drug-likeness (QED) is 0.277. The van der Waals surface area contributed by atoms with E-state index in [-0.39, 0.29) is 0 Å². The van der Waals surface area contributed by atoms with E-state index in [0.717, 1.165) is 0 Å². The van der Waals surface area contributed by atoms with Crippen molar-refractivity contribution in [1.82, 2.24) is 0 Å². The summed E-state index contributed by atoms with van der Waals surface area (Å²) in [6.07, 6.45) is 0. The molecule has 2 aliphatic rings. The summed E-state index contributed by atoms with van der Waals surface area (Å²) in [4.78, 5) is 0. The minimum atomic E-state index is 1.30. The maximum absolute atomic E-state index is 2.29. The second-order valence-electron chi connectivity index (χ2n) is 8.48. The van der Waals surface area contributed by atoms with Crippen molar-refractivity contribution in [2.75, 3.05) is 0 Å². The molecule has 0 heteroatoms. The summed E-state index contributed by atoms with van der Waals surface area (Å²) in [7, 11) is 0. The first kappa shape index (κ1) is 17.7. The lowest BCUT2D eigenvalue weighted by Crippen LogP contribution is -2.09. The van der Waals surface area contributed by atoms with Gasteiger partial charge in [-0.2, -0.15) is 0 Å². The number of hydrogen-bond donors (Lipinski definition) is 0. The van der Waals surface area contributed by atoms with Crippen molar-refractivity contribution in [1.29, 1.82) is 0 Å². The minimum Gasteiger partial charge on any atom is -0.0619 e. The Morgan fingerprint density at radius 2 is 0.344 bits per heavy atom. The average molecular weight is 405 g/mol. The van der Waals surface area contributed by atoms with Crippen LogP contribution in [0.5, 0.6) is 0 Å². The maximum Gasteiger partial charge on any atom is 0.0644 e. The van der Waals surface area contributed by atoms with E-state index in [2.05, 4.69) is 121 Å². The van der Waals surface area contributed by atoms with Gasteiger partial charge in [-0.25, -0.2) is 0 Å². The van der Waals surface area contributed by atoms with Crippen LogP contribution < -0.4 is 0 Å². The lowest BCUT2D eigenvalue weighted by Gasteiger charge is -2.22. The molecule has 0 fully saturated rings. The fourth-order valence-corrected chi connectivity index (χ4v) is 5.53. The normalized spacial score (nSPS) is 14.0. The van der Waals surface area contributed by atoms with Gasteiger partial charge >= 0.3 is 0 Å². The Balaban J connectivity index is 1.50. The smallest absolute Gasteiger partial charge is 0.0619 e. The highest BCUT2D eigenvalue weighted by atomic mass is 14.4. The molecule has 0 aromatic heterocycles. The summed E-state index contributed by atoms with van der Waals surface area (Å²) < 4.78 is 0. The molecule has 5 aromatic carbocycles. The molecule has 148 valence electrons. The van der Waals surface area contributed by atoms with E-state index < -0.39 is 0 Å². The van der Waals surface area contributed by atoms with Crippen LogP contribution in [0, 0.1) is 11.8 Å². The molecular weight excluding hydrogens is 384 g/mol. The van der Waals surface area contributed by atoms with Gasteiger partial charge in [-0.05, 0) is 55.6 Å². The third kappa shape index (κ3) is 2.38. The van der Waals surface area contributed by atoms with Gasteiger partial charge in [-0.3, -0.25) is 0 Å². The Bertz CT molecular complexity index is 1280. The SMILES string of the molecule is c1ccc([C]2c3ccccc3-c3ccccc32)c([C]2c3ccccc3-c3ccccc32)c1. The van der Waals surface area contributed by atoms with Crippen LogP contribution in [0.3, 0.4) is 0 Å². The molecule has 0 atom stereocenters. The van der Waals surface area contributed by atoms with Gasteiger partial charge in [0.05, 0.1) is 11.8 Å². The standard InChI is InChI=1S/C32H20/c1-5-15-25-21(11-1)22-12-2-6-16-26(22)31(25)29-19-9-10-20-30(29)32-27-17-7-3-13-23(27)24-14-4-8-18-28(24)32/h1-20H. The Morgan fingerprint density at radius 1 is 0.188 bits per heavy atom. The van der Waals surface area contributed by atoms with E-state index in [9.17, 15) is 0 Å². The van der Waals surface area contributed by atoms with Gasteiger partial charge in [0, 0.05) is 0 Å². The Labute approximate surface area is 188 Å². The first-order valence-corrected chi connectivity index (χ1v) is 11.1. The molecule has 2 radical (unpaired) electrons. The molecule has 7 rings (SSSR count). The number of hydrogen-bond acceptors (Lipinski definition) is 0. The van der Waals surface area contributed by atoms with Crippen molar-refractivity contribution in [3.05, 3.63) is 167 Å². The highest BCUT2D eigenvalue weighted by Crippen LogP contribution is 2.52. The zero-order valence-corrected chi connectivity index (χ0v) is 17.5. The highest BCUT2D eigenvalue weighted by molar-refractivity contribution is 5.91. The van der Waals surface area contributed by atoms with Crippen LogP contribution in [0.25, 0.3) is 22.3 Å². The van der Waals surface area contributed by atoms with E-state index in [1.807, 2.05) is 0 Å². The Hall–Kier alpha value is -3.90. The Kier molecular flexibility index (Phi) is 3.77. The highest BCUT2D eigenvalue weighted by Gasteiger charge is 2.36. The van der Waals surface area contributed by atoms with Gasteiger partial charge in [0.1, 0.15) is 0 Å². The van der Waals surface area contributed by atoms with Crippen LogP contribution in [0.15, 0.2) is 121 Å². The zero-order valence-electron chi connectivity index (χ0n) is 17.5. The predicted octanol–water partition coefficient (Wildman–Crippen LogP) is 7.69. The molecule has 0 aliphatic heterocycles. The van der Waals surface area contributed by atoms with Crippen molar-refractivity contribution in [3.8, 4) is 22.3 Å². The fourth-order valence-electron chi connectivity index (χ4n) is 5.53. The predicted molar refractivity (Wildman–Crippen MR) is 131 cm³/mol. The van der Waals surface area contributed by atoms with Crippen LogP contribution in [0.2, 0.25) is 0 Å². The van der Waals surface area contributed by atoms with E-state index in [1.165, 1.54) is 67.5 Å². The summed E-state index contributed by atoms with van der Waals surface area (Å²) in [5.41, 5.74) is 13.2. The summed E-state index contributed by atoms with van der Waals surface area (Å²) in [5, 5.41) is 0. The van der Waals surface area contributed by atoms with Crippen LogP contribution in [-0.4, -0.2) is 0 Å². The monoisotopic (exact) mass is 404 g/mol. The summed E-state index contributed by atoms with van der Waals surface area (Å²) in [6.45, 7) is 0. The van der Waals surface area contributed by atoms with E-state index in [0.29, 0.717) is 0 Å². The number of rotatable bonds is 2. The molecule has 0 heterocycles. The van der Waals surface area contributed by atoms with E-state index in [4.69, 9.17) is 0 Å². The molecule has 0 N–H and O–H groups in total. The van der Waals surface area contributed by atoms with Crippen LogP contribution >= 0.6 is 0 Å². The molecule has 32 heavy (non-hydrogen) atoms. The molecule has 0 saturated carbocycles. The molecular formula is C32H20. The summed E-state index contributed by atoms with van der Waals surface area (Å²) >= 11 is 0. The average Bonchev–Trinajstić information content (AvgIpc) is 3.37. The largest absolute Gasteiger partial charge is 0.0644 e. The molecule has 5 aromatic rings. The van der Waals surface area contributed by atoms with Crippen LogP contribution in [-0.2, 0) is 0 Å². The molecule has 0 unspecified atom stereocenters. The zero-order chi connectivity index (χ0) is 21.1. The first-order chi connectivity index (χ1) is 15.9. The van der Waals surface area contributed by atoms with Gasteiger partial charge < -0.3 is 0 Å². The van der Waals surface area contributed by atoms with Gasteiger partial charge in [0.25, 0.3) is 0 Å². The van der Waals surface area contributed by atoms with E-state index >= 15 is 0 Å². The van der Waals surface area contributed by atoms with Crippen molar-refractivity contribution >= 4 is 0 Å². The third-order valence-electron chi connectivity index (χ3n) is 6.83. The van der Waals surface area contributed by atoms with Crippen molar-refractivity contribution < 1.29 is 0 Å². The second kappa shape index (κ2) is 6.80. The molecule has 2 aliphatic carbocycles. The van der Waals surface area contributed by atoms with Gasteiger partial charge in [0.15, 0.2) is 0 Å². The molecule has 0 bridgehead atoms. The van der Waals surface area contributed by atoms with Crippen LogP contribution in [0.4, 0.5) is 0 Å². The maximum atomic E-state index is 2.29. The summed E-state index contributed by atoms with van der Waals surface area (Å²) in [5.74, 6) is 2.67.